The number of nitro benzene ring substituents is 1. The molecule has 0 saturated carbocycles. The second kappa shape index (κ2) is 8.28. The maximum Gasteiger partial charge on any atom is 0.315 e. The Kier molecular flexibility index (Phi) is 5.83. The van der Waals surface area contributed by atoms with E-state index in [1.807, 2.05) is 48.5 Å². The van der Waals surface area contributed by atoms with E-state index in [1.165, 1.54) is 11.8 Å². The molecule has 0 atom stereocenters. The summed E-state index contributed by atoms with van der Waals surface area (Å²) >= 11 is 7.71. The first kappa shape index (κ1) is 19.0. The van der Waals surface area contributed by atoms with Crippen molar-refractivity contribution in [2.75, 3.05) is 5.32 Å². The molecule has 138 valence electrons. The summed E-state index contributed by atoms with van der Waals surface area (Å²) in [6.45, 7) is 0.314. The van der Waals surface area contributed by atoms with Crippen molar-refractivity contribution in [1.29, 1.82) is 0 Å². The van der Waals surface area contributed by atoms with Crippen molar-refractivity contribution in [2.24, 2.45) is 0 Å². The normalized spacial score (nSPS) is 10.6. The lowest BCUT2D eigenvalue weighted by Gasteiger charge is -2.12. The van der Waals surface area contributed by atoms with Crippen LogP contribution in [0.25, 0.3) is 0 Å². The minimum absolute atomic E-state index is 0.203. The number of nitrogens with one attached hydrogen (secondary N) is 1. The van der Waals surface area contributed by atoms with Gasteiger partial charge in [0, 0.05) is 34.2 Å². The van der Waals surface area contributed by atoms with Gasteiger partial charge in [0.05, 0.1) is 9.95 Å². The average Bonchev–Trinajstić information content (AvgIpc) is 2.65. The number of hydrogen-bond acceptors (Lipinski definition) is 5. The summed E-state index contributed by atoms with van der Waals surface area (Å²) in [5.41, 5.74) is 0.435. The number of anilines is 1. The van der Waals surface area contributed by atoms with Crippen molar-refractivity contribution < 1.29 is 14.4 Å². The lowest BCUT2D eigenvalue weighted by molar-refractivity contribution is -0.386. The number of phenols is 1. The molecule has 0 heterocycles. The molecule has 2 N–H and O–H groups in total. The van der Waals surface area contributed by atoms with Gasteiger partial charge >= 0.3 is 5.69 Å². The maximum atomic E-state index is 13.7. The minimum Gasteiger partial charge on any atom is -0.500 e. The fraction of sp³-hybridized carbons (Fsp3) is 0.0526. The number of aromatic hydroxyl groups is 1. The summed E-state index contributed by atoms with van der Waals surface area (Å²) in [6.07, 6.45) is 0. The van der Waals surface area contributed by atoms with Gasteiger partial charge in [0.25, 0.3) is 0 Å². The van der Waals surface area contributed by atoms with Crippen molar-refractivity contribution in [3.05, 3.63) is 87.2 Å². The van der Waals surface area contributed by atoms with Crippen LogP contribution in [0.3, 0.4) is 0 Å². The van der Waals surface area contributed by atoms with Crippen molar-refractivity contribution >= 4 is 34.7 Å². The average molecular weight is 405 g/mol. The molecule has 0 radical (unpaired) electrons. The highest BCUT2D eigenvalue weighted by Crippen LogP contribution is 2.36. The van der Waals surface area contributed by atoms with Crippen molar-refractivity contribution in [2.45, 2.75) is 16.3 Å². The predicted molar refractivity (Wildman–Crippen MR) is 104 cm³/mol. The molecule has 0 aromatic heterocycles. The molecule has 0 spiro atoms. The van der Waals surface area contributed by atoms with E-state index in [2.05, 4.69) is 5.32 Å². The van der Waals surface area contributed by atoms with E-state index in [9.17, 15) is 19.6 Å². The number of nitrogens with zero attached hydrogens (tertiary/aromatic N) is 1. The third-order valence-electron chi connectivity index (χ3n) is 3.75. The Morgan fingerprint density at radius 1 is 1.11 bits per heavy atom. The topological polar surface area (TPSA) is 75.4 Å². The Morgan fingerprint density at radius 3 is 2.48 bits per heavy atom. The Labute approximate surface area is 163 Å². The number of benzene rings is 3. The third-order valence-corrected chi connectivity index (χ3v) is 5.39. The minimum atomic E-state index is -1.05. The first-order chi connectivity index (χ1) is 13.0. The number of hydrogen-bond donors (Lipinski definition) is 2. The first-order valence-corrected chi connectivity index (χ1v) is 9.06. The molecular weight excluding hydrogens is 391 g/mol. The van der Waals surface area contributed by atoms with Gasteiger partial charge in [0.15, 0.2) is 5.82 Å². The first-order valence-electron chi connectivity index (χ1n) is 7.87. The second-order valence-electron chi connectivity index (χ2n) is 5.58. The number of halogens is 2. The molecule has 0 unspecified atom stereocenters. The molecule has 8 heteroatoms. The van der Waals surface area contributed by atoms with Gasteiger partial charge in [-0.15, -0.1) is 0 Å². The molecule has 3 aromatic carbocycles. The molecule has 0 bridgehead atoms. The highest BCUT2D eigenvalue weighted by atomic mass is 35.5. The molecular formula is C19H14ClFN2O3S. The van der Waals surface area contributed by atoms with E-state index in [-0.39, 0.29) is 5.69 Å². The van der Waals surface area contributed by atoms with Crippen LogP contribution >= 0.6 is 23.4 Å². The molecule has 3 rings (SSSR count). The zero-order valence-corrected chi connectivity index (χ0v) is 15.4. The van der Waals surface area contributed by atoms with Crippen LogP contribution in [0.4, 0.5) is 15.8 Å². The summed E-state index contributed by atoms with van der Waals surface area (Å²) in [4.78, 5) is 11.9. The van der Waals surface area contributed by atoms with Gasteiger partial charge in [-0.1, -0.05) is 53.7 Å². The van der Waals surface area contributed by atoms with E-state index < -0.39 is 22.2 Å². The molecule has 0 aliphatic rings. The number of nitro groups is 1. The molecule has 0 aliphatic carbocycles. The summed E-state index contributed by atoms with van der Waals surface area (Å²) in [5.74, 6) is -2.02. The Morgan fingerprint density at radius 2 is 1.78 bits per heavy atom. The largest absolute Gasteiger partial charge is 0.500 e. The maximum absolute atomic E-state index is 13.7. The molecule has 5 nitrogen and oxygen atoms in total. The van der Waals surface area contributed by atoms with Crippen molar-refractivity contribution in [3.63, 3.8) is 0 Å². The highest BCUT2D eigenvalue weighted by molar-refractivity contribution is 7.99. The standard InChI is InChI=1S/C19H14ClFN2O3S/c20-14-6-2-4-8-18(14)27-17-7-3-1-5-12(17)11-22-13-9-15(21)19(24)16(10-13)23(25)26/h1-10,22,24H,11H2. The van der Waals surface area contributed by atoms with Crippen LogP contribution in [-0.4, -0.2) is 10.0 Å². The van der Waals surface area contributed by atoms with Crippen LogP contribution in [0.1, 0.15) is 5.56 Å². The van der Waals surface area contributed by atoms with E-state index in [0.717, 1.165) is 27.5 Å². The van der Waals surface area contributed by atoms with Gasteiger partial charge in [-0.05, 0) is 23.8 Å². The van der Waals surface area contributed by atoms with Gasteiger partial charge in [0.2, 0.25) is 5.75 Å². The number of phenolic OH excluding ortho intramolecular Hbond substituents is 1. The molecule has 3 aromatic rings. The van der Waals surface area contributed by atoms with Crippen LogP contribution in [0.2, 0.25) is 5.02 Å². The molecule has 0 aliphatic heterocycles. The molecule has 0 saturated heterocycles. The fourth-order valence-electron chi connectivity index (χ4n) is 2.42. The summed E-state index contributed by atoms with van der Waals surface area (Å²) in [7, 11) is 0. The van der Waals surface area contributed by atoms with Gasteiger partial charge in [0.1, 0.15) is 0 Å². The molecule has 0 fully saturated rings. The van der Waals surface area contributed by atoms with Crippen LogP contribution in [-0.2, 0) is 6.54 Å². The molecule has 27 heavy (non-hydrogen) atoms. The van der Waals surface area contributed by atoms with Crippen LogP contribution in [0.15, 0.2) is 70.5 Å². The predicted octanol–water partition coefficient (Wildman–Crippen LogP) is 5.86. The van der Waals surface area contributed by atoms with Gasteiger partial charge in [-0.2, -0.15) is 0 Å². The summed E-state index contributed by atoms with van der Waals surface area (Å²) < 4.78 is 13.7. The van der Waals surface area contributed by atoms with Gasteiger partial charge < -0.3 is 10.4 Å². The quantitative estimate of drug-likeness (QED) is 0.306. The Balaban J connectivity index is 1.82. The van der Waals surface area contributed by atoms with Crippen LogP contribution in [0.5, 0.6) is 5.75 Å². The van der Waals surface area contributed by atoms with E-state index in [4.69, 9.17) is 11.6 Å². The smallest absolute Gasteiger partial charge is 0.315 e. The van der Waals surface area contributed by atoms with Crippen molar-refractivity contribution in [3.8, 4) is 5.75 Å². The lowest BCUT2D eigenvalue weighted by Crippen LogP contribution is -2.02. The van der Waals surface area contributed by atoms with Crippen molar-refractivity contribution in [1.82, 2.24) is 0 Å². The van der Waals surface area contributed by atoms with Gasteiger partial charge in [-0.25, -0.2) is 4.39 Å². The zero-order valence-electron chi connectivity index (χ0n) is 13.9. The number of rotatable bonds is 6. The van der Waals surface area contributed by atoms with E-state index >= 15 is 0 Å². The Hall–Kier alpha value is -2.77. The third kappa shape index (κ3) is 4.50. The fourth-order valence-corrected chi connectivity index (χ4v) is 3.64. The molecule has 0 amide bonds. The van der Waals surface area contributed by atoms with Gasteiger partial charge in [-0.3, -0.25) is 10.1 Å². The van der Waals surface area contributed by atoms with Crippen LogP contribution in [0, 0.1) is 15.9 Å². The SMILES string of the molecule is O=[N+]([O-])c1cc(NCc2ccccc2Sc2ccccc2Cl)cc(F)c1O. The Bertz CT molecular complexity index is 1000. The monoisotopic (exact) mass is 404 g/mol. The zero-order chi connectivity index (χ0) is 19.4. The van der Waals surface area contributed by atoms with E-state index in [0.29, 0.717) is 11.6 Å². The second-order valence-corrected chi connectivity index (χ2v) is 7.07. The highest BCUT2D eigenvalue weighted by Gasteiger charge is 2.19. The summed E-state index contributed by atoms with van der Waals surface area (Å²) in [5, 5.41) is 24.0. The van der Waals surface area contributed by atoms with E-state index in [1.54, 1.807) is 0 Å². The van der Waals surface area contributed by atoms with Crippen LogP contribution < -0.4 is 5.32 Å². The summed E-state index contributed by atoms with van der Waals surface area (Å²) in [6, 6.07) is 17.2. The lowest BCUT2D eigenvalue weighted by atomic mass is 10.2.